The minimum absolute atomic E-state index is 0.246. The third-order valence-corrected chi connectivity index (χ3v) is 2.25. The normalized spacial score (nSPS) is 9.56. The summed E-state index contributed by atoms with van der Waals surface area (Å²) in [4.78, 5) is 34.2. The molecule has 4 heteroatoms. The number of amides is 1. The standard InChI is InChI=1S/C12H13NO3/c1-13(7-4-8-14)12(16)11-6-3-2-5-10(11)9-15/h2-3,5-6,8-9H,4,7H2,1H3. The molecule has 0 bridgehead atoms. The lowest BCUT2D eigenvalue weighted by Crippen LogP contribution is -2.28. The second-order valence-corrected chi connectivity index (χ2v) is 3.39. The minimum Gasteiger partial charge on any atom is -0.341 e. The molecule has 0 N–H and O–H groups in total. The smallest absolute Gasteiger partial charge is 0.254 e. The molecule has 0 fully saturated rings. The Morgan fingerprint density at radius 1 is 1.31 bits per heavy atom. The van der Waals surface area contributed by atoms with Gasteiger partial charge in [0.1, 0.15) is 6.29 Å². The lowest BCUT2D eigenvalue weighted by atomic mass is 10.1. The maximum Gasteiger partial charge on any atom is 0.254 e. The highest BCUT2D eigenvalue weighted by Gasteiger charge is 2.14. The topological polar surface area (TPSA) is 54.5 Å². The Labute approximate surface area is 93.9 Å². The first-order valence-corrected chi connectivity index (χ1v) is 4.94. The van der Waals surface area contributed by atoms with Gasteiger partial charge in [0.05, 0.1) is 5.56 Å². The number of hydrogen-bond donors (Lipinski definition) is 0. The molecule has 0 spiro atoms. The average molecular weight is 219 g/mol. The Morgan fingerprint density at radius 3 is 2.62 bits per heavy atom. The van der Waals surface area contributed by atoms with E-state index in [1.807, 2.05) is 0 Å². The molecule has 1 amide bonds. The van der Waals surface area contributed by atoms with E-state index >= 15 is 0 Å². The van der Waals surface area contributed by atoms with Crippen LogP contribution in [-0.2, 0) is 4.79 Å². The summed E-state index contributed by atoms with van der Waals surface area (Å²) in [6, 6.07) is 6.59. The van der Waals surface area contributed by atoms with Crippen LogP contribution in [0.1, 0.15) is 27.1 Å². The molecule has 0 atom stereocenters. The van der Waals surface area contributed by atoms with Gasteiger partial charge in [-0.15, -0.1) is 0 Å². The van der Waals surface area contributed by atoms with Gasteiger partial charge in [-0.25, -0.2) is 0 Å². The zero-order valence-corrected chi connectivity index (χ0v) is 9.05. The highest BCUT2D eigenvalue weighted by Crippen LogP contribution is 2.09. The van der Waals surface area contributed by atoms with E-state index < -0.39 is 0 Å². The second kappa shape index (κ2) is 5.80. The minimum atomic E-state index is -0.246. The van der Waals surface area contributed by atoms with Gasteiger partial charge >= 0.3 is 0 Å². The Morgan fingerprint density at radius 2 is 2.00 bits per heavy atom. The van der Waals surface area contributed by atoms with Gasteiger partial charge in [0.2, 0.25) is 0 Å². The van der Waals surface area contributed by atoms with Crippen molar-refractivity contribution in [2.24, 2.45) is 0 Å². The van der Waals surface area contributed by atoms with Crippen LogP contribution < -0.4 is 0 Å². The van der Waals surface area contributed by atoms with Crippen molar-refractivity contribution in [2.75, 3.05) is 13.6 Å². The summed E-state index contributed by atoms with van der Waals surface area (Å²) >= 11 is 0. The largest absolute Gasteiger partial charge is 0.341 e. The summed E-state index contributed by atoms with van der Waals surface area (Å²) in [5.41, 5.74) is 0.733. The van der Waals surface area contributed by atoms with Crippen LogP contribution in [-0.4, -0.2) is 37.0 Å². The molecule has 4 nitrogen and oxygen atoms in total. The number of carbonyl (C=O) groups is 3. The molecule has 1 rings (SSSR count). The summed E-state index contributed by atoms with van der Waals surface area (Å²) in [6.45, 7) is 0.357. The molecule has 0 aliphatic heterocycles. The zero-order valence-electron chi connectivity index (χ0n) is 9.05. The summed E-state index contributed by atoms with van der Waals surface area (Å²) in [5, 5.41) is 0. The van der Waals surface area contributed by atoms with Crippen LogP contribution in [0.15, 0.2) is 24.3 Å². The van der Waals surface area contributed by atoms with Crippen LogP contribution in [0.4, 0.5) is 0 Å². The van der Waals surface area contributed by atoms with E-state index in [1.54, 1.807) is 31.3 Å². The average Bonchev–Trinajstić information content (AvgIpc) is 2.34. The molecule has 1 aromatic carbocycles. The first-order valence-electron chi connectivity index (χ1n) is 4.94. The van der Waals surface area contributed by atoms with Gasteiger partial charge in [-0.3, -0.25) is 9.59 Å². The SMILES string of the molecule is CN(CCC=O)C(=O)c1ccccc1C=O. The number of aldehydes is 2. The molecular weight excluding hydrogens is 206 g/mol. The molecule has 0 aromatic heterocycles. The van der Waals surface area contributed by atoms with Gasteiger partial charge in [-0.05, 0) is 6.07 Å². The Bertz CT molecular complexity index is 401. The fraction of sp³-hybridized carbons (Fsp3) is 0.250. The molecule has 0 saturated heterocycles. The molecule has 0 heterocycles. The summed E-state index contributed by atoms with van der Waals surface area (Å²) in [7, 11) is 1.60. The van der Waals surface area contributed by atoms with Crippen molar-refractivity contribution in [2.45, 2.75) is 6.42 Å². The Balaban J connectivity index is 2.86. The van der Waals surface area contributed by atoms with E-state index in [0.717, 1.165) is 6.29 Å². The Hall–Kier alpha value is -1.97. The third kappa shape index (κ3) is 2.76. The molecule has 1 aromatic rings. The predicted molar refractivity (Wildman–Crippen MR) is 59.5 cm³/mol. The second-order valence-electron chi connectivity index (χ2n) is 3.39. The van der Waals surface area contributed by atoms with Crippen LogP contribution in [0, 0.1) is 0 Å². The van der Waals surface area contributed by atoms with E-state index in [1.165, 1.54) is 4.90 Å². The zero-order chi connectivity index (χ0) is 12.0. The van der Waals surface area contributed by atoms with Crippen LogP contribution in [0.3, 0.4) is 0 Å². The molecule has 0 radical (unpaired) electrons. The summed E-state index contributed by atoms with van der Waals surface area (Å²) in [6.07, 6.45) is 1.71. The van der Waals surface area contributed by atoms with Gasteiger partial charge in [-0.1, -0.05) is 18.2 Å². The third-order valence-electron chi connectivity index (χ3n) is 2.25. The first-order chi connectivity index (χ1) is 7.70. The molecule has 0 aliphatic carbocycles. The van der Waals surface area contributed by atoms with Crippen LogP contribution in [0.2, 0.25) is 0 Å². The van der Waals surface area contributed by atoms with E-state index in [-0.39, 0.29) is 5.91 Å². The fourth-order valence-corrected chi connectivity index (χ4v) is 1.35. The highest BCUT2D eigenvalue weighted by molar-refractivity contribution is 6.01. The lowest BCUT2D eigenvalue weighted by molar-refractivity contribution is -0.108. The van der Waals surface area contributed by atoms with E-state index in [9.17, 15) is 14.4 Å². The van der Waals surface area contributed by atoms with Gasteiger partial charge < -0.3 is 9.69 Å². The number of benzene rings is 1. The van der Waals surface area contributed by atoms with E-state index in [2.05, 4.69) is 0 Å². The maximum atomic E-state index is 11.9. The quantitative estimate of drug-likeness (QED) is 0.698. The molecule has 0 saturated carbocycles. The summed E-state index contributed by atoms with van der Waals surface area (Å²) < 4.78 is 0. The van der Waals surface area contributed by atoms with E-state index in [0.29, 0.717) is 30.4 Å². The Kier molecular flexibility index (Phi) is 4.39. The van der Waals surface area contributed by atoms with Crippen molar-refractivity contribution >= 4 is 18.5 Å². The van der Waals surface area contributed by atoms with Crippen molar-refractivity contribution < 1.29 is 14.4 Å². The molecule has 0 unspecified atom stereocenters. The highest BCUT2D eigenvalue weighted by atomic mass is 16.2. The lowest BCUT2D eigenvalue weighted by Gasteiger charge is -2.16. The number of nitrogens with zero attached hydrogens (tertiary/aromatic N) is 1. The van der Waals surface area contributed by atoms with Gasteiger partial charge in [0, 0.05) is 25.6 Å². The molecule has 0 aliphatic rings. The molecule has 84 valence electrons. The maximum absolute atomic E-state index is 11.9. The van der Waals surface area contributed by atoms with Crippen LogP contribution in [0.25, 0.3) is 0 Å². The van der Waals surface area contributed by atoms with Crippen molar-refractivity contribution in [3.8, 4) is 0 Å². The fourth-order valence-electron chi connectivity index (χ4n) is 1.35. The van der Waals surface area contributed by atoms with Crippen molar-refractivity contribution in [3.63, 3.8) is 0 Å². The summed E-state index contributed by atoms with van der Waals surface area (Å²) in [5.74, 6) is -0.246. The number of carbonyl (C=O) groups excluding carboxylic acids is 3. The molecular formula is C12H13NO3. The van der Waals surface area contributed by atoms with Crippen molar-refractivity contribution in [3.05, 3.63) is 35.4 Å². The van der Waals surface area contributed by atoms with Crippen molar-refractivity contribution in [1.29, 1.82) is 0 Å². The first kappa shape index (κ1) is 12.1. The molecule has 16 heavy (non-hydrogen) atoms. The van der Waals surface area contributed by atoms with Crippen LogP contribution >= 0.6 is 0 Å². The monoisotopic (exact) mass is 219 g/mol. The van der Waals surface area contributed by atoms with Gasteiger partial charge in [0.25, 0.3) is 5.91 Å². The number of hydrogen-bond acceptors (Lipinski definition) is 3. The predicted octanol–water partition coefficient (Wildman–Crippen LogP) is 1.16. The van der Waals surface area contributed by atoms with E-state index in [4.69, 9.17) is 0 Å². The van der Waals surface area contributed by atoms with Crippen molar-refractivity contribution in [1.82, 2.24) is 4.90 Å². The van der Waals surface area contributed by atoms with Gasteiger partial charge in [-0.2, -0.15) is 0 Å². The number of rotatable bonds is 5. The van der Waals surface area contributed by atoms with Gasteiger partial charge in [0.15, 0.2) is 6.29 Å². The van der Waals surface area contributed by atoms with Crippen LogP contribution in [0.5, 0.6) is 0 Å².